The molecule has 3 heterocycles. The van der Waals surface area contributed by atoms with Gasteiger partial charge in [0.1, 0.15) is 11.5 Å². The minimum Gasteiger partial charge on any atom is -0.396 e. The molecule has 1 saturated heterocycles. The summed E-state index contributed by atoms with van der Waals surface area (Å²) in [6.07, 6.45) is 4.92. The number of nitrogens with zero attached hydrogens (tertiary/aromatic N) is 2. The minimum absolute atomic E-state index is 0.172. The number of nitrogens with one attached hydrogen (secondary N) is 1. The van der Waals surface area contributed by atoms with Gasteiger partial charge in [0.2, 0.25) is 5.78 Å². The smallest absolute Gasteiger partial charge is 0.201 e. The molecule has 3 aromatic rings. The molecular weight excluding hydrogens is 378 g/mol. The Hall–Kier alpha value is -2.84. The Morgan fingerprint density at radius 3 is 2.86 bits per heavy atom. The van der Waals surface area contributed by atoms with Gasteiger partial charge in [-0.3, -0.25) is 9.69 Å². The molecule has 4 rings (SSSR count). The third-order valence-electron chi connectivity index (χ3n) is 5.22. The van der Waals surface area contributed by atoms with Gasteiger partial charge in [-0.25, -0.2) is 13.8 Å². The summed E-state index contributed by atoms with van der Waals surface area (Å²) in [4.78, 5) is 22.4. The van der Waals surface area contributed by atoms with Crippen LogP contribution in [0.4, 0.5) is 14.5 Å². The number of aromatic amines is 1. The lowest BCUT2D eigenvalue weighted by molar-refractivity contribution is 0.0374. The van der Waals surface area contributed by atoms with Crippen molar-refractivity contribution in [2.75, 3.05) is 38.6 Å². The maximum atomic E-state index is 14.3. The zero-order valence-electron chi connectivity index (χ0n) is 15.9. The van der Waals surface area contributed by atoms with Crippen molar-refractivity contribution in [1.29, 1.82) is 0 Å². The van der Waals surface area contributed by atoms with E-state index in [1.165, 1.54) is 6.20 Å². The number of carbonyl (C=O) groups excluding carboxylic acids is 1. The Morgan fingerprint density at radius 1 is 1.28 bits per heavy atom. The van der Waals surface area contributed by atoms with E-state index in [0.29, 0.717) is 11.0 Å². The summed E-state index contributed by atoms with van der Waals surface area (Å²) in [5.74, 6) is -2.74. The summed E-state index contributed by atoms with van der Waals surface area (Å²) in [7, 11) is 0. The molecule has 8 heteroatoms. The zero-order chi connectivity index (χ0) is 20.4. The SMILES string of the molecule is Nc1ccc(F)c(C(=O)c2c[nH]c3ncc(CCCN4CCOCC4)cc23)c1F. The second-order valence-corrected chi connectivity index (χ2v) is 7.15. The van der Waals surface area contributed by atoms with Crippen molar-refractivity contribution in [3.63, 3.8) is 0 Å². The maximum absolute atomic E-state index is 14.3. The van der Waals surface area contributed by atoms with E-state index >= 15 is 0 Å². The number of aryl methyl sites for hydroxylation is 1. The normalized spacial score (nSPS) is 15.1. The van der Waals surface area contributed by atoms with Crippen LogP contribution < -0.4 is 5.73 Å². The van der Waals surface area contributed by atoms with Gasteiger partial charge in [0.05, 0.1) is 24.5 Å². The van der Waals surface area contributed by atoms with E-state index in [4.69, 9.17) is 10.5 Å². The largest absolute Gasteiger partial charge is 0.396 e. The number of fused-ring (bicyclic) bond motifs is 1. The van der Waals surface area contributed by atoms with Gasteiger partial charge in [0.25, 0.3) is 0 Å². The highest BCUT2D eigenvalue weighted by Gasteiger charge is 2.23. The minimum atomic E-state index is -1.04. The van der Waals surface area contributed by atoms with E-state index in [9.17, 15) is 13.6 Å². The number of aromatic nitrogens is 2. The summed E-state index contributed by atoms with van der Waals surface area (Å²) >= 11 is 0. The van der Waals surface area contributed by atoms with Crippen LogP contribution in [-0.2, 0) is 11.2 Å². The number of hydrogen-bond acceptors (Lipinski definition) is 5. The van der Waals surface area contributed by atoms with Crippen LogP contribution in [0.25, 0.3) is 11.0 Å². The number of nitrogens with two attached hydrogens (primary N) is 1. The number of carbonyl (C=O) groups is 1. The fourth-order valence-corrected chi connectivity index (χ4v) is 3.61. The molecule has 0 aliphatic carbocycles. The van der Waals surface area contributed by atoms with Crippen molar-refractivity contribution in [3.05, 3.63) is 58.9 Å². The average Bonchev–Trinajstić information content (AvgIpc) is 3.15. The molecule has 1 aromatic carbocycles. The molecule has 0 spiro atoms. The van der Waals surface area contributed by atoms with E-state index in [0.717, 1.165) is 63.4 Å². The first-order valence-corrected chi connectivity index (χ1v) is 9.59. The number of halogens is 2. The Labute approximate surface area is 166 Å². The van der Waals surface area contributed by atoms with Crippen LogP contribution in [-0.4, -0.2) is 53.5 Å². The van der Waals surface area contributed by atoms with Crippen molar-refractivity contribution in [3.8, 4) is 0 Å². The molecule has 1 fully saturated rings. The summed E-state index contributed by atoms with van der Waals surface area (Å²) in [5, 5.41) is 0.542. The topological polar surface area (TPSA) is 84.2 Å². The van der Waals surface area contributed by atoms with Crippen molar-refractivity contribution in [1.82, 2.24) is 14.9 Å². The van der Waals surface area contributed by atoms with Crippen LogP contribution in [0.15, 0.2) is 30.6 Å². The van der Waals surface area contributed by atoms with Gasteiger partial charge in [-0.2, -0.15) is 0 Å². The first-order valence-electron chi connectivity index (χ1n) is 9.59. The van der Waals surface area contributed by atoms with Crippen LogP contribution in [0.5, 0.6) is 0 Å². The van der Waals surface area contributed by atoms with Crippen LogP contribution >= 0.6 is 0 Å². The number of morpholine rings is 1. The number of rotatable bonds is 6. The molecule has 0 bridgehead atoms. The summed E-state index contributed by atoms with van der Waals surface area (Å²) in [5.41, 5.74) is 6.22. The highest BCUT2D eigenvalue weighted by Crippen LogP contribution is 2.26. The van der Waals surface area contributed by atoms with E-state index < -0.39 is 23.0 Å². The van der Waals surface area contributed by atoms with Gasteiger partial charge in [-0.1, -0.05) is 0 Å². The van der Waals surface area contributed by atoms with Crippen molar-refractivity contribution in [2.45, 2.75) is 12.8 Å². The van der Waals surface area contributed by atoms with Crippen LogP contribution in [0.1, 0.15) is 27.9 Å². The monoisotopic (exact) mass is 400 g/mol. The van der Waals surface area contributed by atoms with Crippen LogP contribution in [0.2, 0.25) is 0 Å². The van der Waals surface area contributed by atoms with Gasteiger partial charge in [-0.15, -0.1) is 0 Å². The van der Waals surface area contributed by atoms with Gasteiger partial charge in [0.15, 0.2) is 5.82 Å². The molecule has 3 N–H and O–H groups in total. The second kappa shape index (κ2) is 8.26. The van der Waals surface area contributed by atoms with Gasteiger partial charge in [0, 0.05) is 36.4 Å². The quantitative estimate of drug-likeness (QED) is 0.491. The molecule has 0 atom stereocenters. The second-order valence-electron chi connectivity index (χ2n) is 7.15. The molecule has 0 unspecified atom stereocenters. The number of nitrogen functional groups attached to an aromatic ring is 1. The third-order valence-corrected chi connectivity index (χ3v) is 5.22. The van der Waals surface area contributed by atoms with E-state index in [1.807, 2.05) is 6.07 Å². The lowest BCUT2D eigenvalue weighted by atomic mass is 10.0. The maximum Gasteiger partial charge on any atom is 0.201 e. The fraction of sp³-hybridized carbons (Fsp3) is 0.333. The first kappa shape index (κ1) is 19.5. The number of ketones is 1. The van der Waals surface area contributed by atoms with E-state index in [2.05, 4.69) is 14.9 Å². The van der Waals surface area contributed by atoms with Crippen LogP contribution in [0.3, 0.4) is 0 Å². The summed E-state index contributed by atoms with van der Waals surface area (Å²) in [6.45, 7) is 4.36. The Morgan fingerprint density at radius 2 is 2.07 bits per heavy atom. The number of benzene rings is 1. The number of anilines is 1. The average molecular weight is 400 g/mol. The molecule has 6 nitrogen and oxygen atoms in total. The lowest BCUT2D eigenvalue weighted by Gasteiger charge is -2.26. The summed E-state index contributed by atoms with van der Waals surface area (Å²) < 4.78 is 33.8. The van der Waals surface area contributed by atoms with Gasteiger partial charge in [-0.05, 0) is 43.1 Å². The van der Waals surface area contributed by atoms with Crippen molar-refractivity contribution in [2.24, 2.45) is 0 Å². The first-order chi connectivity index (χ1) is 14.0. The van der Waals surface area contributed by atoms with Crippen molar-refractivity contribution < 1.29 is 18.3 Å². The van der Waals surface area contributed by atoms with Crippen LogP contribution in [0, 0.1) is 11.6 Å². The number of ether oxygens (including phenoxy) is 1. The molecule has 1 aliphatic heterocycles. The van der Waals surface area contributed by atoms with E-state index in [1.54, 1.807) is 6.20 Å². The standard InChI is InChI=1S/C21H22F2N4O2/c22-16-3-4-17(24)19(23)18(16)20(28)15-12-26-21-14(15)10-13(11-25-21)2-1-5-27-6-8-29-9-7-27/h3-4,10-12H,1-2,5-9,24H2,(H,25,26). The zero-order valence-corrected chi connectivity index (χ0v) is 15.9. The summed E-state index contributed by atoms with van der Waals surface area (Å²) in [6, 6.07) is 3.95. The number of hydrogen-bond donors (Lipinski definition) is 2. The van der Waals surface area contributed by atoms with Crippen molar-refractivity contribution >= 4 is 22.5 Å². The highest BCUT2D eigenvalue weighted by molar-refractivity contribution is 6.16. The lowest BCUT2D eigenvalue weighted by Crippen LogP contribution is -2.36. The Bertz CT molecular complexity index is 1040. The van der Waals surface area contributed by atoms with Gasteiger partial charge >= 0.3 is 0 Å². The molecule has 0 radical (unpaired) electrons. The molecule has 0 saturated carbocycles. The molecule has 1 aliphatic rings. The molecule has 2 aromatic heterocycles. The predicted molar refractivity (Wildman–Crippen MR) is 106 cm³/mol. The fourth-order valence-electron chi connectivity index (χ4n) is 3.61. The molecule has 0 amide bonds. The molecule has 29 heavy (non-hydrogen) atoms. The number of H-pyrrole nitrogens is 1. The Kier molecular flexibility index (Phi) is 5.55. The van der Waals surface area contributed by atoms with Gasteiger partial charge < -0.3 is 15.5 Å². The molecular formula is C21H22F2N4O2. The number of pyridine rings is 1. The third kappa shape index (κ3) is 3.99. The predicted octanol–water partition coefficient (Wildman–Crippen LogP) is 2.92. The Balaban J connectivity index is 1.56. The highest BCUT2D eigenvalue weighted by atomic mass is 19.1. The molecule has 152 valence electrons. The van der Waals surface area contributed by atoms with E-state index in [-0.39, 0.29) is 11.3 Å².